The molecule has 0 aromatic carbocycles. The SMILES string of the molecule is COCCC(C)(C)NC(=O)NCCCC(=O)O. The van der Waals surface area contributed by atoms with Gasteiger partial charge >= 0.3 is 12.0 Å². The summed E-state index contributed by atoms with van der Waals surface area (Å²) in [5, 5.41) is 13.8. The predicted octanol–water partition coefficient (Wildman–Crippen LogP) is 0.965. The fourth-order valence-corrected chi connectivity index (χ4v) is 1.21. The molecule has 6 heteroatoms. The van der Waals surface area contributed by atoms with Crippen molar-refractivity contribution in [1.82, 2.24) is 10.6 Å². The Balaban J connectivity index is 3.73. The number of ether oxygens (including phenoxy) is 1. The van der Waals surface area contributed by atoms with Crippen LogP contribution in [0.25, 0.3) is 0 Å². The van der Waals surface area contributed by atoms with Crippen LogP contribution in [0.15, 0.2) is 0 Å². The highest BCUT2D eigenvalue weighted by Gasteiger charge is 2.19. The van der Waals surface area contributed by atoms with Gasteiger partial charge in [-0.2, -0.15) is 0 Å². The minimum Gasteiger partial charge on any atom is -0.481 e. The van der Waals surface area contributed by atoms with Gasteiger partial charge < -0.3 is 20.5 Å². The second-order valence-corrected chi connectivity index (χ2v) is 4.50. The molecule has 0 aromatic heterocycles. The summed E-state index contributed by atoms with van der Waals surface area (Å²) < 4.78 is 4.95. The third kappa shape index (κ3) is 9.62. The molecule has 0 spiro atoms. The normalized spacial score (nSPS) is 11.0. The first-order valence-corrected chi connectivity index (χ1v) is 5.64. The van der Waals surface area contributed by atoms with E-state index in [0.29, 0.717) is 26.0 Å². The lowest BCUT2D eigenvalue weighted by molar-refractivity contribution is -0.137. The van der Waals surface area contributed by atoms with Gasteiger partial charge in [-0.3, -0.25) is 4.79 Å². The smallest absolute Gasteiger partial charge is 0.315 e. The summed E-state index contributed by atoms with van der Waals surface area (Å²) in [5.41, 5.74) is -0.340. The molecule has 0 aliphatic rings. The average Bonchev–Trinajstić information content (AvgIpc) is 2.21. The van der Waals surface area contributed by atoms with Crippen molar-refractivity contribution in [2.24, 2.45) is 0 Å². The van der Waals surface area contributed by atoms with E-state index >= 15 is 0 Å². The Morgan fingerprint density at radius 3 is 2.53 bits per heavy atom. The highest BCUT2D eigenvalue weighted by atomic mass is 16.5. The number of amides is 2. The van der Waals surface area contributed by atoms with Crippen LogP contribution in [-0.2, 0) is 9.53 Å². The van der Waals surface area contributed by atoms with E-state index in [9.17, 15) is 9.59 Å². The van der Waals surface area contributed by atoms with Gasteiger partial charge in [-0.25, -0.2) is 4.79 Å². The molecule has 0 rings (SSSR count). The molecule has 0 fully saturated rings. The molecule has 0 aliphatic carbocycles. The van der Waals surface area contributed by atoms with Gasteiger partial charge in [0.25, 0.3) is 0 Å². The van der Waals surface area contributed by atoms with Gasteiger partial charge in [0, 0.05) is 32.2 Å². The van der Waals surface area contributed by atoms with Crippen LogP contribution in [0.2, 0.25) is 0 Å². The zero-order valence-electron chi connectivity index (χ0n) is 10.7. The highest BCUT2D eigenvalue weighted by Crippen LogP contribution is 2.07. The largest absolute Gasteiger partial charge is 0.481 e. The molecule has 2 amide bonds. The van der Waals surface area contributed by atoms with Crippen LogP contribution in [0.1, 0.15) is 33.1 Å². The molecule has 0 saturated heterocycles. The second-order valence-electron chi connectivity index (χ2n) is 4.50. The molecule has 17 heavy (non-hydrogen) atoms. The van der Waals surface area contributed by atoms with Crippen molar-refractivity contribution in [1.29, 1.82) is 0 Å². The molecule has 100 valence electrons. The van der Waals surface area contributed by atoms with Crippen LogP contribution in [0.4, 0.5) is 4.79 Å². The summed E-state index contributed by atoms with van der Waals surface area (Å²) in [7, 11) is 1.61. The van der Waals surface area contributed by atoms with E-state index in [4.69, 9.17) is 9.84 Å². The van der Waals surface area contributed by atoms with Crippen LogP contribution in [-0.4, -0.2) is 42.9 Å². The number of methoxy groups -OCH3 is 1. The van der Waals surface area contributed by atoms with E-state index in [1.54, 1.807) is 7.11 Å². The molecule has 0 aromatic rings. The molecular weight excluding hydrogens is 224 g/mol. The van der Waals surface area contributed by atoms with Crippen LogP contribution >= 0.6 is 0 Å². The summed E-state index contributed by atoms with van der Waals surface area (Å²) in [6.45, 7) is 4.75. The Kier molecular flexibility index (Phi) is 7.29. The van der Waals surface area contributed by atoms with Crippen LogP contribution in [0.3, 0.4) is 0 Å². The van der Waals surface area contributed by atoms with E-state index in [-0.39, 0.29) is 18.0 Å². The van der Waals surface area contributed by atoms with Crippen molar-refractivity contribution < 1.29 is 19.4 Å². The summed E-state index contributed by atoms with van der Waals surface area (Å²) >= 11 is 0. The third-order valence-electron chi connectivity index (χ3n) is 2.24. The summed E-state index contributed by atoms with van der Waals surface area (Å²) in [6.07, 6.45) is 1.21. The van der Waals surface area contributed by atoms with E-state index in [1.165, 1.54) is 0 Å². The number of carbonyl (C=O) groups is 2. The van der Waals surface area contributed by atoms with E-state index in [0.717, 1.165) is 0 Å². The van der Waals surface area contributed by atoms with Gasteiger partial charge in [-0.15, -0.1) is 0 Å². The molecular formula is C11H22N2O4. The maximum absolute atomic E-state index is 11.5. The van der Waals surface area contributed by atoms with Crippen LogP contribution in [0, 0.1) is 0 Å². The van der Waals surface area contributed by atoms with E-state index in [1.807, 2.05) is 13.8 Å². The predicted molar refractivity (Wildman–Crippen MR) is 64.0 cm³/mol. The first-order chi connectivity index (χ1) is 7.87. The highest BCUT2D eigenvalue weighted by molar-refractivity contribution is 5.74. The lowest BCUT2D eigenvalue weighted by Gasteiger charge is -2.26. The fraction of sp³-hybridized carbons (Fsp3) is 0.818. The maximum atomic E-state index is 11.5. The number of carboxylic acid groups (broad SMARTS) is 1. The van der Waals surface area contributed by atoms with Crippen molar-refractivity contribution >= 4 is 12.0 Å². The first kappa shape index (κ1) is 15.7. The zero-order valence-corrected chi connectivity index (χ0v) is 10.7. The molecule has 0 heterocycles. The van der Waals surface area contributed by atoms with Crippen molar-refractivity contribution in [3.63, 3.8) is 0 Å². The number of urea groups is 1. The van der Waals surface area contributed by atoms with Gasteiger partial charge in [0.15, 0.2) is 0 Å². The number of carbonyl (C=O) groups excluding carboxylic acids is 1. The second kappa shape index (κ2) is 7.89. The molecule has 0 bridgehead atoms. The van der Waals surface area contributed by atoms with Gasteiger partial charge in [0.05, 0.1) is 0 Å². The number of aliphatic carboxylic acids is 1. The van der Waals surface area contributed by atoms with Crippen LogP contribution in [0.5, 0.6) is 0 Å². The van der Waals surface area contributed by atoms with Crippen molar-refractivity contribution in [3.05, 3.63) is 0 Å². The number of hydrogen-bond acceptors (Lipinski definition) is 3. The maximum Gasteiger partial charge on any atom is 0.315 e. The van der Waals surface area contributed by atoms with Crippen molar-refractivity contribution in [2.45, 2.75) is 38.6 Å². The first-order valence-electron chi connectivity index (χ1n) is 5.64. The van der Waals surface area contributed by atoms with Crippen molar-refractivity contribution in [2.75, 3.05) is 20.3 Å². The minimum atomic E-state index is -0.854. The molecule has 3 N–H and O–H groups in total. The molecule has 6 nitrogen and oxygen atoms in total. The van der Waals surface area contributed by atoms with E-state index in [2.05, 4.69) is 10.6 Å². The zero-order chi connectivity index (χ0) is 13.3. The summed E-state index contributed by atoms with van der Waals surface area (Å²) in [4.78, 5) is 21.7. The summed E-state index contributed by atoms with van der Waals surface area (Å²) in [5.74, 6) is -0.854. The Bertz CT molecular complexity index is 254. The Labute approximate surface area is 102 Å². The van der Waals surface area contributed by atoms with Crippen LogP contribution < -0.4 is 10.6 Å². The number of rotatable bonds is 8. The Morgan fingerprint density at radius 1 is 1.35 bits per heavy atom. The standard InChI is InChI=1S/C11H22N2O4/c1-11(2,6-8-17-3)13-10(16)12-7-4-5-9(14)15/h4-8H2,1-3H3,(H,14,15)(H2,12,13,16). The topological polar surface area (TPSA) is 87.7 Å². The number of hydrogen-bond donors (Lipinski definition) is 3. The third-order valence-corrected chi connectivity index (χ3v) is 2.24. The van der Waals surface area contributed by atoms with Gasteiger partial charge in [-0.1, -0.05) is 0 Å². The molecule has 0 atom stereocenters. The lowest BCUT2D eigenvalue weighted by atomic mass is 10.0. The summed E-state index contributed by atoms with van der Waals surface area (Å²) in [6, 6.07) is -0.281. The Morgan fingerprint density at radius 2 is 2.00 bits per heavy atom. The van der Waals surface area contributed by atoms with E-state index < -0.39 is 5.97 Å². The molecule has 0 radical (unpaired) electrons. The molecule has 0 unspecified atom stereocenters. The molecule has 0 aliphatic heterocycles. The van der Waals surface area contributed by atoms with Gasteiger partial charge in [-0.05, 0) is 26.7 Å². The van der Waals surface area contributed by atoms with Crippen molar-refractivity contribution in [3.8, 4) is 0 Å². The van der Waals surface area contributed by atoms with Gasteiger partial charge in [0.1, 0.15) is 0 Å². The number of nitrogens with one attached hydrogen (secondary N) is 2. The minimum absolute atomic E-state index is 0.0628. The number of carboxylic acids is 1. The lowest BCUT2D eigenvalue weighted by Crippen LogP contribution is -2.49. The Hall–Kier alpha value is -1.30. The fourth-order valence-electron chi connectivity index (χ4n) is 1.21. The average molecular weight is 246 g/mol. The monoisotopic (exact) mass is 246 g/mol. The van der Waals surface area contributed by atoms with Gasteiger partial charge in [0.2, 0.25) is 0 Å². The molecule has 0 saturated carbocycles. The quantitative estimate of drug-likeness (QED) is 0.557.